The number of amides is 1. The Balaban J connectivity index is 1.54. The lowest BCUT2D eigenvalue weighted by Crippen LogP contribution is -2.30. The summed E-state index contributed by atoms with van der Waals surface area (Å²) in [7, 11) is -3.03. The van der Waals surface area contributed by atoms with Crippen LogP contribution in [0.25, 0.3) is 10.8 Å². The monoisotopic (exact) mass is 375 g/mol. The quantitative estimate of drug-likeness (QED) is 0.811. The summed E-state index contributed by atoms with van der Waals surface area (Å²) in [5.41, 5.74) is 0.624. The van der Waals surface area contributed by atoms with E-state index in [1.54, 1.807) is 6.07 Å². The molecule has 1 heterocycles. The summed E-state index contributed by atoms with van der Waals surface area (Å²) in [5, 5.41) is 4.80. The van der Waals surface area contributed by atoms with E-state index in [4.69, 9.17) is 4.74 Å². The van der Waals surface area contributed by atoms with Crippen LogP contribution in [0.1, 0.15) is 19.8 Å². The molecule has 2 aromatic carbocycles. The summed E-state index contributed by atoms with van der Waals surface area (Å²) in [5.74, 6) is -1.06. The molecule has 0 unspecified atom stereocenters. The third-order valence-corrected chi connectivity index (χ3v) is 6.31. The van der Waals surface area contributed by atoms with Gasteiger partial charge in [-0.1, -0.05) is 30.3 Å². The predicted octanol–water partition coefficient (Wildman–Crippen LogP) is 2.53. The second-order valence-electron chi connectivity index (χ2n) is 6.66. The Morgan fingerprint density at radius 2 is 1.92 bits per heavy atom. The minimum Gasteiger partial charge on any atom is -0.453 e. The molecular formula is C19H21NO5S. The van der Waals surface area contributed by atoms with E-state index in [-0.39, 0.29) is 23.8 Å². The van der Waals surface area contributed by atoms with Gasteiger partial charge in [-0.3, -0.25) is 9.59 Å². The van der Waals surface area contributed by atoms with Crippen molar-refractivity contribution in [3.63, 3.8) is 0 Å². The van der Waals surface area contributed by atoms with Gasteiger partial charge in [-0.05, 0) is 42.2 Å². The zero-order valence-electron chi connectivity index (χ0n) is 14.5. The molecule has 1 amide bonds. The number of carbonyl (C=O) groups excluding carboxylic acids is 2. The normalized spacial score (nSPS) is 19.8. The van der Waals surface area contributed by atoms with Crippen molar-refractivity contribution < 1.29 is 22.7 Å². The maximum atomic E-state index is 12.2. The highest BCUT2D eigenvalue weighted by atomic mass is 32.2. The first-order valence-corrected chi connectivity index (χ1v) is 10.3. The summed E-state index contributed by atoms with van der Waals surface area (Å²) >= 11 is 0. The van der Waals surface area contributed by atoms with Crippen molar-refractivity contribution in [3.05, 3.63) is 42.5 Å². The molecule has 7 heteroatoms. The molecule has 6 nitrogen and oxygen atoms in total. The van der Waals surface area contributed by atoms with E-state index in [2.05, 4.69) is 5.32 Å². The lowest BCUT2D eigenvalue weighted by molar-refractivity contribution is -0.153. The van der Waals surface area contributed by atoms with Gasteiger partial charge in [0.05, 0.1) is 11.5 Å². The van der Waals surface area contributed by atoms with Crippen molar-refractivity contribution >= 4 is 38.2 Å². The molecule has 1 aliphatic rings. The number of nitrogens with one attached hydrogen (secondary N) is 1. The lowest BCUT2D eigenvalue weighted by Gasteiger charge is -2.15. The molecule has 1 N–H and O–H groups in total. The number of fused-ring (bicyclic) bond motifs is 1. The third kappa shape index (κ3) is 4.60. The van der Waals surface area contributed by atoms with E-state index in [0.717, 1.165) is 10.8 Å². The average Bonchev–Trinajstić information content (AvgIpc) is 2.93. The van der Waals surface area contributed by atoms with Crippen molar-refractivity contribution in [2.24, 2.45) is 5.92 Å². The van der Waals surface area contributed by atoms with Crippen molar-refractivity contribution in [3.8, 4) is 0 Å². The number of hydrogen-bond acceptors (Lipinski definition) is 5. The third-order valence-electron chi connectivity index (χ3n) is 4.48. The summed E-state index contributed by atoms with van der Waals surface area (Å²) < 4.78 is 28.0. The first-order chi connectivity index (χ1) is 12.3. The highest BCUT2D eigenvalue weighted by molar-refractivity contribution is 7.91. The molecule has 0 bridgehead atoms. The molecule has 0 spiro atoms. The molecule has 26 heavy (non-hydrogen) atoms. The Hall–Kier alpha value is -2.41. The van der Waals surface area contributed by atoms with Crippen LogP contribution >= 0.6 is 0 Å². The van der Waals surface area contributed by atoms with Crippen molar-refractivity contribution in [2.75, 3.05) is 16.8 Å². The average molecular weight is 375 g/mol. The summed E-state index contributed by atoms with van der Waals surface area (Å²) in [6.07, 6.45) is -0.464. The zero-order valence-corrected chi connectivity index (χ0v) is 15.3. The van der Waals surface area contributed by atoms with Crippen molar-refractivity contribution in [1.29, 1.82) is 0 Å². The molecule has 0 aromatic heterocycles. The highest BCUT2D eigenvalue weighted by Crippen LogP contribution is 2.22. The SMILES string of the molecule is C[C@H](OC(=O)C[C@H]1CCS(=O)(=O)C1)C(=O)Nc1ccc2ccccc2c1. The Morgan fingerprint density at radius 3 is 2.62 bits per heavy atom. The Labute approximate surface area is 152 Å². The molecular weight excluding hydrogens is 354 g/mol. The molecule has 2 atom stereocenters. The first kappa shape index (κ1) is 18.4. The number of benzene rings is 2. The fourth-order valence-corrected chi connectivity index (χ4v) is 4.94. The minimum atomic E-state index is -3.03. The predicted molar refractivity (Wildman–Crippen MR) is 99.5 cm³/mol. The van der Waals surface area contributed by atoms with Crippen LogP contribution in [-0.4, -0.2) is 37.9 Å². The van der Waals surface area contributed by atoms with Crippen molar-refractivity contribution in [2.45, 2.75) is 25.9 Å². The topological polar surface area (TPSA) is 89.5 Å². The van der Waals surface area contributed by atoms with Crippen LogP contribution in [0.15, 0.2) is 42.5 Å². The molecule has 1 aliphatic heterocycles. The Kier molecular flexibility index (Phi) is 5.27. The fraction of sp³-hybridized carbons (Fsp3) is 0.368. The maximum absolute atomic E-state index is 12.2. The van der Waals surface area contributed by atoms with Gasteiger partial charge in [-0.15, -0.1) is 0 Å². The van der Waals surface area contributed by atoms with Gasteiger partial charge in [0.15, 0.2) is 15.9 Å². The number of rotatable bonds is 5. The van der Waals surface area contributed by atoms with Crippen LogP contribution in [0.4, 0.5) is 5.69 Å². The minimum absolute atomic E-state index is 0.0137. The van der Waals surface area contributed by atoms with Crippen LogP contribution in [0, 0.1) is 5.92 Å². The van der Waals surface area contributed by atoms with Gasteiger partial charge in [0.2, 0.25) is 0 Å². The first-order valence-electron chi connectivity index (χ1n) is 8.52. The zero-order chi connectivity index (χ0) is 18.7. The number of hydrogen-bond donors (Lipinski definition) is 1. The van der Waals surface area contributed by atoms with Crippen LogP contribution in [0.5, 0.6) is 0 Å². The van der Waals surface area contributed by atoms with Gasteiger partial charge in [-0.25, -0.2) is 8.42 Å². The van der Waals surface area contributed by atoms with E-state index < -0.39 is 27.8 Å². The number of anilines is 1. The molecule has 1 saturated heterocycles. The second kappa shape index (κ2) is 7.45. The van der Waals surface area contributed by atoms with Gasteiger partial charge in [0.25, 0.3) is 5.91 Å². The molecule has 0 saturated carbocycles. The molecule has 3 rings (SSSR count). The Bertz CT molecular complexity index is 938. The smallest absolute Gasteiger partial charge is 0.306 e. The number of carbonyl (C=O) groups is 2. The van der Waals surface area contributed by atoms with E-state index in [9.17, 15) is 18.0 Å². The number of ether oxygens (including phenoxy) is 1. The summed E-state index contributed by atoms with van der Waals surface area (Å²) in [6.45, 7) is 1.50. The van der Waals surface area contributed by atoms with E-state index in [1.807, 2.05) is 36.4 Å². The van der Waals surface area contributed by atoms with Gasteiger partial charge >= 0.3 is 5.97 Å². The molecule has 0 radical (unpaired) electrons. The summed E-state index contributed by atoms with van der Waals surface area (Å²) in [6, 6.07) is 13.3. The van der Waals surface area contributed by atoms with Crippen molar-refractivity contribution in [1.82, 2.24) is 0 Å². The van der Waals surface area contributed by atoms with Crippen LogP contribution < -0.4 is 5.32 Å². The van der Waals surface area contributed by atoms with E-state index >= 15 is 0 Å². The Morgan fingerprint density at radius 1 is 1.19 bits per heavy atom. The van der Waals surface area contributed by atoms with Crippen LogP contribution in [0.2, 0.25) is 0 Å². The summed E-state index contributed by atoms with van der Waals surface area (Å²) in [4.78, 5) is 24.2. The molecule has 0 aliphatic carbocycles. The fourth-order valence-electron chi connectivity index (χ4n) is 3.08. The largest absolute Gasteiger partial charge is 0.453 e. The van der Waals surface area contributed by atoms with Gasteiger partial charge < -0.3 is 10.1 Å². The molecule has 2 aromatic rings. The van der Waals surface area contributed by atoms with E-state index in [1.165, 1.54) is 6.92 Å². The van der Waals surface area contributed by atoms with Gasteiger partial charge in [0.1, 0.15) is 0 Å². The van der Waals surface area contributed by atoms with Crippen LogP contribution in [0.3, 0.4) is 0 Å². The van der Waals surface area contributed by atoms with E-state index in [0.29, 0.717) is 12.1 Å². The standard InChI is InChI=1S/C19H21NO5S/c1-13(25-18(21)10-14-8-9-26(23,24)12-14)19(22)20-17-7-6-15-4-2-3-5-16(15)11-17/h2-7,11,13-14H,8-10,12H2,1H3,(H,20,22)/t13-,14+/m0/s1. The number of esters is 1. The number of sulfone groups is 1. The molecule has 138 valence electrons. The molecule has 1 fully saturated rings. The second-order valence-corrected chi connectivity index (χ2v) is 8.89. The lowest BCUT2D eigenvalue weighted by atomic mass is 10.1. The maximum Gasteiger partial charge on any atom is 0.306 e. The van der Waals surface area contributed by atoms with Gasteiger partial charge in [0, 0.05) is 12.1 Å². The highest BCUT2D eigenvalue weighted by Gasteiger charge is 2.30. The van der Waals surface area contributed by atoms with Crippen LogP contribution in [-0.2, 0) is 24.2 Å². The van der Waals surface area contributed by atoms with Gasteiger partial charge in [-0.2, -0.15) is 0 Å².